The molecule has 3 fully saturated rings. The van der Waals surface area contributed by atoms with Crippen molar-refractivity contribution < 1.29 is 33.6 Å². The van der Waals surface area contributed by atoms with Gasteiger partial charge in [-0.1, -0.05) is 51.7 Å². The zero-order valence-electron chi connectivity index (χ0n) is 23.7. The number of Topliss-reactive ketones (excluding diaryl/α,β-unsaturated/α-hetero) is 1. The van der Waals surface area contributed by atoms with Crippen LogP contribution in [0.4, 0.5) is 0 Å². The van der Waals surface area contributed by atoms with E-state index in [1.807, 2.05) is 0 Å². The Morgan fingerprint density at radius 1 is 1.03 bits per heavy atom. The quantitative estimate of drug-likeness (QED) is 0.0961. The Morgan fingerprint density at radius 3 is 2.37 bits per heavy atom. The first-order valence-corrected chi connectivity index (χ1v) is 15.2. The highest BCUT2D eigenvalue weighted by molar-refractivity contribution is 5.85. The Kier molecular flexibility index (Phi) is 13.7. The summed E-state index contributed by atoms with van der Waals surface area (Å²) in [4.78, 5) is 24.8. The van der Waals surface area contributed by atoms with Gasteiger partial charge in [0.05, 0.1) is 13.2 Å². The summed E-state index contributed by atoms with van der Waals surface area (Å²) in [6.45, 7) is 5.72. The maximum atomic E-state index is 12.6. The molecule has 0 aromatic rings. The van der Waals surface area contributed by atoms with E-state index in [9.17, 15) is 14.7 Å². The summed E-state index contributed by atoms with van der Waals surface area (Å²) in [6.07, 6.45) is 18.1. The van der Waals surface area contributed by atoms with Gasteiger partial charge in [0, 0.05) is 31.6 Å². The van der Waals surface area contributed by atoms with Gasteiger partial charge in [0.25, 0.3) is 0 Å². The van der Waals surface area contributed by atoms with Crippen LogP contribution in [0.2, 0.25) is 0 Å². The molecule has 7 nitrogen and oxygen atoms in total. The summed E-state index contributed by atoms with van der Waals surface area (Å²) in [7, 11) is 0. The molecular formula is C31H50O7. The Morgan fingerprint density at radius 2 is 1.74 bits per heavy atom. The summed E-state index contributed by atoms with van der Waals surface area (Å²) in [6, 6.07) is 0. The Labute approximate surface area is 229 Å². The van der Waals surface area contributed by atoms with Gasteiger partial charge in [-0.3, -0.25) is 4.79 Å². The van der Waals surface area contributed by atoms with Gasteiger partial charge >= 0.3 is 5.97 Å². The first-order valence-electron chi connectivity index (χ1n) is 15.2. The number of carbonyl (C=O) groups excluding carboxylic acids is 1. The molecule has 0 bridgehead atoms. The number of carboxylic acids is 1. The third-order valence-corrected chi connectivity index (χ3v) is 8.04. The molecule has 3 aliphatic rings. The van der Waals surface area contributed by atoms with Gasteiger partial charge in [0.15, 0.2) is 12.6 Å². The van der Waals surface area contributed by atoms with E-state index in [0.29, 0.717) is 55.9 Å². The minimum Gasteiger partial charge on any atom is -0.475 e. The maximum Gasteiger partial charge on any atom is 0.374 e. The minimum atomic E-state index is -1.14. The summed E-state index contributed by atoms with van der Waals surface area (Å²) >= 11 is 0. The minimum absolute atomic E-state index is 0.0676. The number of carboxylic acid groups (broad SMARTS) is 1. The van der Waals surface area contributed by atoms with Crippen LogP contribution in [-0.2, 0) is 28.5 Å². The molecule has 0 spiro atoms. The number of ketones is 1. The summed E-state index contributed by atoms with van der Waals surface area (Å²) in [5.74, 6) is 0.460. The summed E-state index contributed by atoms with van der Waals surface area (Å²) < 4.78 is 23.3. The summed E-state index contributed by atoms with van der Waals surface area (Å²) in [5.41, 5.74) is 0. The number of allylic oxidation sites excluding steroid dienone is 3. The first kappa shape index (κ1) is 30.7. The SMILES string of the molecule is CCCC[C@@H](C)C/C=C/[C@H]1CCC(=O)[C@@H]1CCCC/C(OC1CCCCO1)=C(\OC1CCCCO1)C(=O)O. The van der Waals surface area contributed by atoms with Gasteiger partial charge in [0.1, 0.15) is 11.5 Å². The maximum absolute atomic E-state index is 12.6. The molecule has 1 saturated carbocycles. The van der Waals surface area contributed by atoms with Crippen molar-refractivity contribution in [2.24, 2.45) is 17.8 Å². The fourth-order valence-corrected chi connectivity index (χ4v) is 5.71. The van der Waals surface area contributed by atoms with E-state index in [-0.39, 0.29) is 11.7 Å². The molecule has 216 valence electrons. The van der Waals surface area contributed by atoms with E-state index in [2.05, 4.69) is 26.0 Å². The lowest BCUT2D eigenvalue weighted by Crippen LogP contribution is -2.27. The lowest BCUT2D eigenvalue weighted by atomic mass is 9.89. The van der Waals surface area contributed by atoms with Crippen molar-refractivity contribution >= 4 is 11.8 Å². The molecule has 2 heterocycles. The number of unbranched alkanes of at least 4 members (excludes halogenated alkanes) is 2. The van der Waals surface area contributed by atoms with Crippen LogP contribution in [0, 0.1) is 17.8 Å². The molecular weight excluding hydrogens is 484 g/mol. The van der Waals surface area contributed by atoms with Gasteiger partial charge in [-0.2, -0.15) is 0 Å². The second-order valence-electron chi connectivity index (χ2n) is 11.3. The topological polar surface area (TPSA) is 91.3 Å². The first-order chi connectivity index (χ1) is 18.5. The molecule has 2 aliphatic heterocycles. The number of carbonyl (C=O) groups is 2. The normalized spacial score (nSPS) is 27.8. The summed E-state index contributed by atoms with van der Waals surface area (Å²) in [5, 5.41) is 9.96. The van der Waals surface area contributed by atoms with Crippen LogP contribution < -0.4 is 0 Å². The number of ether oxygens (including phenoxy) is 4. The lowest BCUT2D eigenvalue weighted by Gasteiger charge is -2.28. The number of hydrogen-bond donors (Lipinski definition) is 1. The van der Waals surface area contributed by atoms with Crippen LogP contribution in [0.3, 0.4) is 0 Å². The third kappa shape index (κ3) is 10.4. The van der Waals surface area contributed by atoms with E-state index in [1.165, 1.54) is 19.3 Å². The van der Waals surface area contributed by atoms with Crippen LogP contribution in [0.25, 0.3) is 0 Å². The zero-order valence-corrected chi connectivity index (χ0v) is 23.7. The monoisotopic (exact) mass is 534 g/mol. The van der Waals surface area contributed by atoms with Gasteiger partial charge in [0.2, 0.25) is 5.76 Å². The largest absolute Gasteiger partial charge is 0.475 e. The van der Waals surface area contributed by atoms with E-state index in [4.69, 9.17) is 18.9 Å². The second-order valence-corrected chi connectivity index (χ2v) is 11.3. The highest BCUT2D eigenvalue weighted by atomic mass is 16.7. The average molecular weight is 535 g/mol. The predicted molar refractivity (Wildman–Crippen MR) is 146 cm³/mol. The fourth-order valence-electron chi connectivity index (χ4n) is 5.71. The van der Waals surface area contributed by atoms with Crippen molar-refractivity contribution in [2.45, 2.75) is 129 Å². The fraction of sp³-hybridized carbons (Fsp3) is 0.806. The van der Waals surface area contributed by atoms with E-state index < -0.39 is 18.5 Å². The van der Waals surface area contributed by atoms with Crippen molar-refractivity contribution in [3.8, 4) is 0 Å². The van der Waals surface area contributed by atoms with Gasteiger partial charge < -0.3 is 24.1 Å². The van der Waals surface area contributed by atoms with Crippen LogP contribution in [0.1, 0.15) is 117 Å². The third-order valence-electron chi connectivity index (χ3n) is 8.04. The van der Waals surface area contributed by atoms with Gasteiger partial charge in [-0.05, 0) is 63.2 Å². The Balaban J connectivity index is 1.56. The van der Waals surface area contributed by atoms with Crippen molar-refractivity contribution in [3.63, 3.8) is 0 Å². The molecule has 2 unspecified atom stereocenters. The molecule has 1 N–H and O–H groups in total. The molecule has 5 atom stereocenters. The van der Waals surface area contributed by atoms with Crippen molar-refractivity contribution in [2.75, 3.05) is 13.2 Å². The van der Waals surface area contributed by atoms with Crippen LogP contribution >= 0.6 is 0 Å². The smallest absolute Gasteiger partial charge is 0.374 e. The average Bonchev–Trinajstić information content (AvgIpc) is 3.27. The van der Waals surface area contributed by atoms with Crippen molar-refractivity contribution in [1.29, 1.82) is 0 Å². The van der Waals surface area contributed by atoms with E-state index in [1.54, 1.807) is 0 Å². The number of aliphatic carboxylic acids is 1. The molecule has 38 heavy (non-hydrogen) atoms. The standard InChI is InChI=1S/C31H50O7/c1-3-4-12-23(2)13-11-14-24-19-20-26(32)25(24)15-5-6-16-27(37-28-17-7-9-21-35-28)30(31(33)34)38-29-18-8-10-22-36-29/h11,14,23-25,28-29H,3-10,12-13,15-22H2,1-2H3,(H,33,34)/b14-11+,30-27+/t23-,24+,25-,28?,29?/m1/s1. The molecule has 0 aromatic heterocycles. The lowest BCUT2D eigenvalue weighted by molar-refractivity contribution is -0.170. The van der Waals surface area contributed by atoms with E-state index >= 15 is 0 Å². The highest BCUT2D eigenvalue weighted by Gasteiger charge is 2.32. The molecule has 0 aromatic carbocycles. The number of hydrogen-bond acceptors (Lipinski definition) is 6. The highest BCUT2D eigenvalue weighted by Crippen LogP contribution is 2.35. The molecule has 0 amide bonds. The zero-order chi connectivity index (χ0) is 27.2. The van der Waals surface area contributed by atoms with Gasteiger partial charge in [-0.15, -0.1) is 0 Å². The molecule has 2 saturated heterocycles. The molecule has 7 heteroatoms. The van der Waals surface area contributed by atoms with Crippen molar-refractivity contribution in [3.05, 3.63) is 23.7 Å². The van der Waals surface area contributed by atoms with E-state index in [0.717, 1.165) is 64.2 Å². The van der Waals surface area contributed by atoms with Gasteiger partial charge in [-0.25, -0.2) is 4.79 Å². The van der Waals surface area contributed by atoms with Crippen LogP contribution in [0.5, 0.6) is 0 Å². The molecule has 3 rings (SSSR count). The predicted octanol–water partition coefficient (Wildman–Crippen LogP) is 7.30. The van der Waals surface area contributed by atoms with Crippen LogP contribution in [0.15, 0.2) is 23.7 Å². The molecule has 0 radical (unpaired) electrons. The number of rotatable bonds is 16. The van der Waals surface area contributed by atoms with Crippen molar-refractivity contribution in [1.82, 2.24) is 0 Å². The second kappa shape index (κ2) is 17.0. The molecule has 1 aliphatic carbocycles. The Hall–Kier alpha value is -1.86. The Bertz CT molecular complexity index is 777. The van der Waals surface area contributed by atoms with Crippen LogP contribution in [-0.4, -0.2) is 42.7 Å².